The van der Waals surface area contributed by atoms with Crippen LogP contribution in [0.2, 0.25) is 0 Å². The summed E-state index contributed by atoms with van der Waals surface area (Å²) in [5.74, 6) is 0.174. The minimum atomic E-state index is -4.63. The molecule has 0 bridgehead atoms. The third-order valence-electron chi connectivity index (χ3n) is 2.63. The molecule has 4 heteroatoms. The first-order valence-electron chi connectivity index (χ1n) is 5.08. The second-order valence-corrected chi connectivity index (χ2v) is 4.11. The van der Waals surface area contributed by atoms with Crippen LogP contribution in [0.4, 0.5) is 13.2 Å². The summed E-state index contributed by atoms with van der Waals surface area (Å²) in [5, 5.41) is 0. The van der Waals surface area contributed by atoms with Crippen LogP contribution in [0.15, 0.2) is 12.1 Å². The maximum absolute atomic E-state index is 12.1. The van der Waals surface area contributed by atoms with Crippen LogP contribution in [0.1, 0.15) is 36.5 Å². The average molecular weight is 232 g/mol. The highest BCUT2D eigenvalue weighted by atomic mass is 19.4. The van der Waals surface area contributed by atoms with Crippen molar-refractivity contribution in [3.63, 3.8) is 0 Å². The Balaban J connectivity index is 3.12. The number of benzene rings is 1. The molecule has 1 aromatic rings. The van der Waals surface area contributed by atoms with Gasteiger partial charge in [-0.3, -0.25) is 0 Å². The second-order valence-electron chi connectivity index (χ2n) is 4.11. The molecule has 0 amide bonds. The normalized spacial score (nSPS) is 12.0. The molecular formula is C12H15F3O. The van der Waals surface area contributed by atoms with Gasteiger partial charge in [-0.25, -0.2) is 0 Å². The zero-order valence-electron chi connectivity index (χ0n) is 9.77. The van der Waals surface area contributed by atoms with Crippen molar-refractivity contribution in [3.05, 3.63) is 28.8 Å². The van der Waals surface area contributed by atoms with Gasteiger partial charge in [0.1, 0.15) is 5.75 Å². The van der Waals surface area contributed by atoms with E-state index in [1.54, 1.807) is 13.0 Å². The molecule has 1 aromatic carbocycles. The summed E-state index contributed by atoms with van der Waals surface area (Å²) in [7, 11) is 0. The van der Waals surface area contributed by atoms with E-state index in [4.69, 9.17) is 0 Å². The molecule has 90 valence electrons. The van der Waals surface area contributed by atoms with E-state index in [9.17, 15) is 13.2 Å². The molecule has 0 aliphatic heterocycles. The molecule has 0 unspecified atom stereocenters. The first-order chi connectivity index (χ1) is 7.22. The number of rotatable bonds is 2. The number of hydrogen-bond donors (Lipinski definition) is 0. The fourth-order valence-electron chi connectivity index (χ4n) is 1.68. The van der Waals surface area contributed by atoms with E-state index >= 15 is 0 Å². The minimum Gasteiger partial charge on any atom is -0.406 e. The molecule has 0 radical (unpaired) electrons. The van der Waals surface area contributed by atoms with E-state index in [1.807, 2.05) is 20.8 Å². The number of ether oxygens (including phenoxy) is 1. The van der Waals surface area contributed by atoms with Crippen LogP contribution in [0.3, 0.4) is 0 Å². The largest absolute Gasteiger partial charge is 0.573 e. The molecule has 0 atom stereocenters. The van der Waals surface area contributed by atoms with Gasteiger partial charge in [-0.05, 0) is 42.5 Å². The molecule has 16 heavy (non-hydrogen) atoms. The van der Waals surface area contributed by atoms with Crippen molar-refractivity contribution < 1.29 is 17.9 Å². The molecule has 0 aliphatic rings. The lowest BCUT2D eigenvalue weighted by Gasteiger charge is -2.17. The predicted molar refractivity (Wildman–Crippen MR) is 56.7 cm³/mol. The van der Waals surface area contributed by atoms with Crippen molar-refractivity contribution in [1.29, 1.82) is 0 Å². The molecule has 0 fully saturated rings. The van der Waals surface area contributed by atoms with Gasteiger partial charge >= 0.3 is 6.36 Å². The summed E-state index contributed by atoms with van der Waals surface area (Å²) in [4.78, 5) is 0. The highest BCUT2D eigenvalue weighted by molar-refractivity contribution is 5.44. The Morgan fingerprint density at radius 2 is 1.62 bits per heavy atom. The Kier molecular flexibility index (Phi) is 3.51. The van der Waals surface area contributed by atoms with Crippen LogP contribution in [0.5, 0.6) is 5.75 Å². The maximum Gasteiger partial charge on any atom is 0.573 e. The molecule has 1 rings (SSSR count). The van der Waals surface area contributed by atoms with Crippen LogP contribution < -0.4 is 4.74 Å². The third kappa shape index (κ3) is 2.90. The van der Waals surface area contributed by atoms with E-state index in [2.05, 4.69) is 4.74 Å². The smallest absolute Gasteiger partial charge is 0.406 e. The monoisotopic (exact) mass is 232 g/mol. The molecule has 0 aromatic heterocycles. The SMILES string of the molecule is Cc1c(OC(F)(F)F)ccc(C(C)C)c1C. The van der Waals surface area contributed by atoms with Gasteiger partial charge in [-0.2, -0.15) is 0 Å². The molecule has 0 spiro atoms. The number of alkyl halides is 3. The second kappa shape index (κ2) is 4.36. The molecule has 0 saturated heterocycles. The Morgan fingerprint density at radius 1 is 1.06 bits per heavy atom. The first-order valence-corrected chi connectivity index (χ1v) is 5.08. The van der Waals surface area contributed by atoms with E-state index in [-0.39, 0.29) is 5.75 Å². The van der Waals surface area contributed by atoms with E-state index in [1.165, 1.54) is 6.07 Å². The standard InChI is InChI=1S/C12H15F3O/c1-7(2)10-5-6-11(9(4)8(10)3)16-12(13,14)15/h5-7H,1-4H3. The summed E-state index contributed by atoms with van der Waals surface area (Å²) in [5.41, 5.74) is 2.45. The molecule has 0 aliphatic carbocycles. The minimum absolute atomic E-state index is 0.116. The summed E-state index contributed by atoms with van der Waals surface area (Å²) in [6.07, 6.45) is -4.63. The summed E-state index contributed by atoms with van der Waals surface area (Å²) in [6, 6.07) is 3.07. The van der Waals surface area contributed by atoms with Crippen molar-refractivity contribution in [2.75, 3.05) is 0 Å². The Labute approximate surface area is 93.2 Å². The molecule has 0 saturated carbocycles. The quantitative estimate of drug-likeness (QED) is 0.737. The van der Waals surface area contributed by atoms with Crippen LogP contribution >= 0.6 is 0 Å². The predicted octanol–water partition coefficient (Wildman–Crippen LogP) is 4.33. The van der Waals surface area contributed by atoms with Crippen LogP contribution in [0, 0.1) is 13.8 Å². The Hall–Kier alpha value is -1.19. The van der Waals surface area contributed by atoms with E-state index < -0.39 is 6.36 Å². The fourth-order valence-corrected chi connectivity index (χ4v) is 1.68. The summed E-state index contributed by atoms with van der Waals surface area (Å²) >= 11 is 0. The van der Waals surface area contributed by atoms with Gasteiger partial charge in [0.15, 0.2) is 0 Å². The van der Waals surface area contributed by atoms with Crippen molar-refractivity contribution in [2.45, 2.75) is 40.0 Å². The zero-order chi connectivity index (χ0) is 12.5. The van der Waals surface area contributed by atoms with Gasteiger partial charge in [0.2, 0.25) is 0 Å². The lowest BCUT2D eigenvalue weighted by Crippen LogP contribution is -2.18. The van der Waals surface area contributed by atoms with E-state index in [0.29, 0.717) is 11.5 Å². The molecule has 0 heterocycles. The van der Waals surface area contributed by atoms with Crippen molar-refractivity contribution in [3.8, 4) is 5.75 Å². The molecule has 0 N–H and O–H groups in total. The lowest BCUT2D eigenvalue weighted by atomic mass is 9.94. The van der Waals surface area contributed by atoms with Gasteiger partial charge in [0.05, 0.1) is 0 Å². The molecule has 1 nitrogen and oxygen atoms in total. The van der Waals surface area contributed by atoms with Crippen LogP contribution in [0.25, 0.3) is 0 Å². The van der Waals surface area contributed by atoms with Gasteiger partial charge < -0.3 is 4.74 Å². The van der Waals surface area contributed by atoms with Gasteiger partial charge in [-0.15, -0.1) is 13.2 Å². The Morgan fingerprint density at radius 3 is 2.06 bits per heavy atom. The summed E-state index contributed by atoms with van der Waals surface area (Å²) in [6.45, 7) is 7.47. The van der Waals surface area contributed by atoms with Crippen molar-refractivity contribution in [2.24, 2.45) is 0 Å². The topological polar surface area (TPSA) is 9.23 Å². The highest BCUT2D eigenvalue weighted by Gasteiger charge is 2.32. The van der Waals surface area contributed by atoms with Crippen LogP contribution in [-0.4, -0.2) is 6.36 Å². The third-order valence-corrected chi connectivity index (χ3v) is 2.63. The van der Waals surface area contributed by atoms with Crippen LogP contribution in [-0.2, 0) is 0 Å². The summed E-state index contributed by atoms with van der Waals surface area (Å²) < 4.78 is 40.2. The first kappa shape index (κ1) is 12.9. The van der Waals surface area contributed by atoms with Gasteiger partial charge in [0.25, 0.3) is 0 Å². The average Bonchev–Trinajstić information content (AvgIpc) is 2.10. The van der Waals surface area contributed by atoms with E-state index in [0.717, 1.165) is 11.1 Å². The number of hydrogen-bond acceptors (Lipinski definition) is 1. The fraction of sp³-hybridized carbons (Fsp3) is 0.500. The van der Waals surface area contributed by atoms with Crippen molar-refractivity contribution in [1.82, 2.24) is 0 Å². The molecular weight excluding hydrogens is 217 g/mol. The Bertz CT molecular complexity index is 381. The van der Waals surface area contributed by atoms with Crippen molar-refractivity contribution >= 4 is 0 Å². The zero-order valence-corrected chi connectivity index (χ0v) is 9.77. The van der Waals surface area contributed by atoms with Gasteiger partial charge in [0, 0.05) is 0 Å². The maximum atomic E-state index is 12.1. The van der Waals surface area contributed by atoms with Gasteiger partial charge in [-0.1, -0.05) is 19.9 Å². The lowest BCUT2D eigenvalue weighted by molar-refractivity contribution is -0.274. The highest BCUT2D eigenvalue weighted by Crippen LogP contribution is 2.31. The number of halogens is 3.